The van der Waals surface area contributed by atoms with Crippen molar-refractivity contribution < 1.29 is 4.79 Å². The monoisotopic (exact) mass is 309 g/mol. The lowest BCUT2D eigenvalue weighted by molar-refractivity contribution is -0.120. The molecule has 0 aliphatic carbocycles. The van der Waals surface area contributed by atoms with Crippen LogP contribution in [0, 0.1) is 11.3 Å². The van der Waals surface area contributed by atoms with Crippen molar-refractivity contribution in [2.75, 3.05) is 13.1 Å². The molecule has 0 saturated heterocycles. The molecule has 1 atom stereocenters. The van der Waals surface area contributed by atoms with Crippen molar-refractivity contribution in [1.29, 1.82) is 5.26 Å². The second kappa shape index (κ2) is 7.85. The standard InChI is InChI=1S/C13H16BrN3O/c1-10(11-4-2-5-12(14)8-11)17-9-13(18)16-7-3-6-15/h2,4-5,8,10,17H,3,7,9H2,1H3,(H,16,18)/t10-/m0/s1. The third kappa shape index (κ3) is 5.30. The fourth-order valence-corrected chi connectivity index (χ4v) is 1.88. The minimum absolute atomic E-state index is 0.0907. The van der Waals surface area contributed by atoms with Crippen molar-refractivity contribution in [3.8, 4) is 6.07 Å². The van der Waals surface area contributed by atoms with Crippen molar-refractivity contribution in [3.05, 3.63) is 34.3 Å². The normalized spacial score (nSPS) is 11.6. The fraction of sp³-hybridized carbons (Fsp3) is 0.385. The van der Waals surface area contributed by atoms with Crippen LogP contribution in [0.1, 0.15) is 24.9 Å². The van der Waals surface area contributed by atoms with E-state index in [0.717, 1.165) is 10.0 Å². The molecule has 0 saturated carbocycles. The number of carbonyl (C=O) groups excluding carboxylic acids is 1. The number of halogens is 1. The van der Waals surface area contributed by atoms with Crippen molar-refractivity contribution in [3.63, 3.8) is 0 Å². The second-order valence-corrected chi connectivity index (χ2v) is 4.83. The van der Waals surface area contributed by atoms with Crippen molar-refractivity contribution in [2.24, 2.45) is 0 Å². The Hall–Kier alpha value is -1.38. The molecule has 1 aromatic carbocycles. The van der Waals surface area contributed by atoms with Crippen LogP contribution in [0.2, 0.25) is 0 Å². The van der Waals surface area contributed by atoms with Crippen LogP contribution in [0.4, 0.5) is 0 Å². The van der Waals surface area contributed by atoms with Crippen LogP contribution in [0.25, 0.3) is 0 Å². The second-order valence-electron chi connectivity index (χ2n) is 3.92. The van der Waals surface area contributed by atoms with Gasteiger partial charge in [-0.1, -0.05) is 28.1 Å². The average Bonchev–Trinajstić information content (AvgIpc) is 2.36. The minimum atomic E-state index is -0.0907. The van der Waals surface area contributed by atoms with E-state index in [1.54, 1.807) is 0 Å². The van der Waals surface area contributed by atoms with Gasteiger partial charge in [-0.3, -0.25) is 4.79 Å². The van der Waals surface area contributed by atoms with Gasteiger partial charge in [0.2, 0.25) is 5.91 Å². The summed E-state index contributed by atoms with van der Waals surface area (Å²) in [6.45, 7) is 2.66. The average molecular weight is 310 g/mol. The molecule has 0 heterocycles. The number of hydrogen-bond donors (Lipinski definition) is 2. The number of carbonyl (C=O) groups is 1. The van der Waals surface area contributed by atoms with Gasteiger partial charge in [-0.05, 0) is 24.6 Å². The first kappa shape index (κ1) is 14.7. The highest BCUT2D eigenvalue weighted by Crippen LogP contribution is 2.17. The summed E-state index contributed by atoms with van der Waals surface area (Å²) in [6.07, 6.45) is 0.340. The summed E-state index contributed by atoms with van der Waals surface area (Å²) in [4.78, 5) is 11.4. The molecular formula is C13H16BrN3O. The molecule has 1 aromatic rings. The minimum Gasteiger partial charge on any atom is -0.354 e. The lowest BCUT2D eigenvalue weighted by Crippen LogP contribution is -2.35. The molecule has 0 spiro atoms. The van der Waals surface area contributed by atoms with E-state index in [1.165, 1.54) is 0 Å². The highest BCUT2D eigenvalue weighted by atomic mass is 79.9. The lowest BCUT2D eigenvalue weighted by Gasteiger charge is -2.14. The number of rotatable bonds is 6. The molecule has 0 radical (unpaired) electrons. The molecule has 1 rings (SSSR count). The van der Waals surface area contributed by atoms with Crippen LogP contribution >= 0.6 is 15.9 Å². The quantitative estimate of drug-likeness (QED) is 0.791. The number of nitriles is 1. The number of nitrogens with one attached hydrogen (secondary N) is 2. The molecule has 0 aliphatic heterocycles. The zero-order chi connectivity index (χ0) is 13.4. The molecule has 96 valence electrons. The first-order chi connectivity index (χ1) is 8.63. The van der Waals surface area contributed by atoms with E-state index >= 15 is 0 Å². The molecular weight excluding hydrogens is 294 g/mol. The summed E-state index contributed by atoms with van der Waals surface area (Å²) in [6, 6.07) is 10.0. The number of hydrogen-bond acceptors (Lipinski definition) is 3. The molecule has 1 amide bonds. The van der Waals surface area contributed by atoms with Crippen LogP contribution in [-0.2, 0) is 4.79 Å². The summed E-state index contributed by atoms with van der Waals surface area (Å²) < 4.78 is 1.02. The van der Waals surface area contributed by atoms with Crippen molar-refractivity contribution in [2.45, 2.75) is 19.4 Å². The lowest BCUT2D eigenvalue weighted by atomic mass is 10.1. The van der Waals surface area contributed by atoms with E-state index in [0.29, 0.717) is 13.0 Å². The third-order valence-electron chi connectivity index (χ3n) is 2.48. The molecule has 0 aliphatic rings. The van der Waals surface area contributed by atoms with Gasteiger partial charge < -0.3 is 10.6 Å². The van der Waals surface area contributed by atoms with E-state index in [2.05, 4.69) is 26.6 Å². The van der Waals surface area contributed by atoms with Crippen LogP contribution in [0.5, 0.6) is 0 Å². The summed E-state index contributed by atoms with van der Waals surface area (Å²) in [5.74, 6) is -0.0907. The maximum atomic E-state index is 11.4. The molecule has 4 nitrogen and oxygen atoms in total. The number of benzene rings is 1. The van der Waals surface area contributed by atoms with Crippen LogP contribution < -0.4 is 10.6 Å². The Labute approximate surface area is 116 Å². The van der Waals surface area contributed by atoms with Gasteiger partial charge in [0, 0.05) is 17.1 Å². The molecule has 2 N–H and O–H groups in total. The molecule has 5 heteroatoms. The first-order valence-electron chi connectivity index (χ1n) is 5.76. The Morgan fingerprint density at radius 2 is 2.33 bits per heavy atom. The Balaban J connectivity index is 2.35. The first-order valence-corrected chi connectivity index (χ1v) is 6.55. The van der Waals surface area contributed by atoms with Gasteiger partial charge in [0.05, 0.1) is 19.0 Å². The number of nitrogens with zero attached hydrogens (tertiary/aromatic N) is 1. The van der Waals surface area contributed by atoms with Gasteiger partial charge in [-0.2, -0.15) is 5.26 Å². The van der Waals surface area contributed by atoms with E-state index in [9.17, 15) is 4.79 Å². The van der Waals surface area contributed by atoms with Crippen LogP contribution in [-0.4, -0.2) is 19.0 Å². The predicted octanol–water partition coefficient (Wildman–Crippen LogP) is 2.13. The van der Waals surface area contributed by atoms with Crippen molar-refractivity contribution in [1.82, 2.24) is 10.6 Å². The smallest absolute Gasteiger partial charge is 0.234 e. The van der Waals surface area contributed by atoms with Gasteiger partial charge in [0.15, 0.2) is 0 Å². The van der Waals surface area contributed by atoms with Crippen LogP contribution in [0.3, 0.4) is 0 Å². The summed E-state index contributed by atoms with van der Waals surface area (Å²) in [5, 5.41) is 14.2. The van der Waals surface area contributed by atoms with E-state index in [4.69, 9.17) is 5.26 Å². The molecule has 0 fully saturated rings. The molecule has 0 aromatic heterocycles. The highest BCUT2D eigenvalue weighted by molar-refractivity contribution is 9.10. The van der Waals surface area contributed by atoms with Gasteiger partial charge >= 0.3 is 0 Å². The van der Waals surface area contributed by atoms with E-state index in [1.807, 2.05) is 37.3 Å². The molecule has 0 bridgehead atoms. The van der Waals surface area contributed by atoms with Gasteiger partial charge in [0.25, 0.3) is 0 Å². The SMILES string of the molecule is C[C@H](NCC(=O)NCCC#N)c1cccc(Br)c1. The Morgan fingerprint density at radius 1 is 1.56 bits per heavy atom. The molecule has 0 unspecified atom stereocenters. The summed E-state index contributed by atoms with van der Waals surface area (Å²) in [5.41, 5.74) is 1.12. The fourth-order valence-electron chi connectivity index (χ4n) is 1.46. The Bertz CT molecular complexity index is 442. The maximum Gasteiger partial charge on any atom is 0.234 e. The van der Waals surface area contributed by atoms with Crippen LogP contribution in [0.15, 0.2) is 28.7 Å². The predicted molar refractivity (Wildman–Crippen MR) is 73.8 cm³/mol. The Kier molecular flexibility index (Phi) is 6.40. The maximum absolute atomic E-state index is 11.4. The van der Waals surface area contributed by atoms with Crippen molar-refractivity contribution >= 4 is 21.8 Å². The van der Waals surface area contributed by atoms with E-state index < -0.39 is 0 Å². The van der Waals surface area contributed by atoms with Gasteiger partial charge in [-0.25, -0.2) is 0 Å². The third-order valence-corrected chi connectivity index (χ3v) is 2.97. The highest BCUT2D eigenvalue weighted by Gasteiger charge is 2.07. The summed E-state index contributed by atoms with van der Waals surface area (Å²) in [7, 11) is 0. The Morgan fingerprint density at radius 3 is 3.00 bits per heavy atom. The van der Waals surface area contributed by atoms with E-state index in [-0.39, 0.29) is 18.5 Å². The van der Waals surface area contributed by atoms with Gasteiger partial charge in [0.1, 0.15) is 0 Å². The summed E-state index contributed by atoms with van der Waals surface area (Å²) >= 11 is 3.41. The molecule has 18 heavy (non-hydrogen) atoms. The number of amides is 1. The van der Waals surface area contributed by atoms with Gasteiger partial charge in [-0.15, -0.1) is 0 Å². The topological polar surface area (TPSA) is 64.9 Å². The zero-order valence-electron chi connectivity index (χ0n) is 10.2. The zero-order valence-corrected chi connectivity index (χ0v) is 11.8. The largest absolute Gasteiger partial charge is 0.354 e.